The maximum absolute atomic E-state index is 14.3. The summed E-state index contributed by atoms with van der Waals surface area (Å²) in [6.07, 6.45) is 0. The van der Waals surface area contributed by atoms with Gasteiger partial charge in [-0.25, -0.2) is 4.39 Å². The minimum absolute atomic E-state index is 0.139. The van der Waals surface area contributed by atoms with Gasteiger partial charge in [0.25, 0.3) is 5.56 Å². The third-order valence-corrected chi connectivity index (χ3v) is 7.39. The highest BCUT2D eigenvalue weighted by Gasteiger charge is 2.19. The first kappa shape index (κ1) is 21.9. The largest absolute Gasteiger partial charge is 0.494 e. The van der Waals surface area contributed by atoms with E-state index >= 15 is 0 Å². The number of thiophene rings is 1. The van der Waals surface area contributed by atoms with Gasteiger partial charge in [-0.2, -0.15) is 0 Å². The standard InChI is InChI=1S/C23H18ClFN4O2S2/c1-2-31-19-9-4-3-6-14(19)12-28-21(30)20-18(10-11-32-20)29-22(28)26-27-23(29)33-13-15-16(24)7-5-8-17(15)25/h3-11H,2,12-13H2,1H3. The Balaban J connectivity index is 1.61. The van der Waals surface area contributed by atoms with Crippen LogP contribution in [0.1, 0.15) is 18.1 Å². The van der Waals surface area contributed by atoms with Crippen LogP contribution in [0.15, 0.2) is 63.9 Å². The second-order valence-corrected chi connectivity index (χ2v) is 9.44. The number of fused-ring (bicyclic) bond motifs is 3. The van der Waals surface area contributed by atoms with Crippen molar-refractivity contribution in [2.24, 2.45) is 0 Å². The van der Waals surface area contributed by atoms with Gasteiger partial charge in [-0.1, -0.05) is 47.6 Å². The number of nitrogens with zero attached hydrogens (tertiary/aromatic N) is 4. The van der Waals surface area contributed by atoms with Gasteiger partial charge in [0.15, 0.2) is 5.16 Å². The molecule has 3 heterocycles. The molecular weight excluding hydrogens is 483 g/mol. The monoisotopic (exact) mass is 500 g/mol. The fourth-order valence-electron chi connectivity index (χ4n) is 3.64. The van der Waals surface area contributed by atoms with Gasteiger partial charge >= 0.3 is 0 Å². The molecule has 0 aliphatic heterocycles. The van der Waals surface area contributed by atoms with Crippen LogP contribution in [-0.4, -0.2) is 25.8 Å². The van der Waals surface area contributed by atoms with Crippen molar-refractivity contribution in [3.05, 3.63) is 86.2 Å². The Morgan fingerprint density at radius 1 is 1.15 bits per heavy atom. The van der Waals surface area contributed by atoms with Gasteiger partial charge < -0.3 is 4.74 Å². The van der Waals surface area contributed by atoms with Crippen molar-refractivity contribution < 1.29 is 9.13 Å². The molecule has 6 nitrogen and oxygen atoms in total. The number of rotatable bonds is 7. The molecule has 5 rings (SSSR count). The summed E-state index contributed by atoms with van der Waals surface area (Å²) in [5, 5.41) is 11.4. The van der Waals surface area contributed by atoms with Crippen LogP contribution < -0.4 is 10.3 Å². The van der Waals surface area contributed by atoms with Gasteiger partial charge in [0.2, 0.25) is 5.78 Å². The number of benzene rings is 2. The van der Waals surface area contributed by atoms with E-state index in [0.717, 1.165) is 16.8 Å². The summed E-state index contributed by atoms with van der Waals surface area (Å²) in [6.45, 7) is 2.73. The molecule has 0 bridgehead atoms. The van der Waals surface area contributed by atoms with Crippen molar-refractivity contribution in [3.8, 4) is 5.75 Å². The molecule has 0 aliphatic rings. The molecule has 0 radical (unpaired) electrons. The highest BCUT2D eigenvalue weighted by molar-refractivity contribution is 7.98. The van der Waals surface area contributed by atoms with Crippen molar-refractivity contribution in [2.75, 3.05) is 6.61 Å². The summed E-state index contributed by atoms with van der Waals surface area (Å²) >= 11 is 8.88. The zero-order chi connectivity index (χ0) is 22.9. The van der Waals surface area contributed by atoms with Crippen LogP contribution >= 0.6 is 34.7 Å². The van der Waals surface area contributed by atoms with Crippen LogP contribution in [0.2, 0.25) is 5.02 Å². The second kappa shape index (κ2) is 9.17. The van der Waals surface area contributed by atoms with Crippen molar-refractivity contribution in [2.45, 2.75) is 24.4 Å². The van der Waals surface area contributed by atoms with Crippen LogP contribution in [0.25, 0.3) is 16.0 Å². The second-order valence-electron chi connectivity index (χ2n) is 7.17. The lowest BCUT2D eigenvalue weighted by molar-refractivity contribution is 0.336. The zero-order valence-corrected chi connectivity index (χ0v) is 19.9. The first-order valence-electron chi connectivity index (χ1n) is 10.2. The van der Waals surface area contributed by atoms with Crippen molar-refractivity contribution in [1.29, 1.82) is 0 Å². The Bertz CT molecular complexity index is 1510. The van der Waals surface area contributed by atoms with Crippen molar-refractivity contribution in [1.82, 2.24) is 19.2 Å². The Morgan fingerprint density at radius 2 is 2.00 bits per heavy atom. The minimum Gasteiger partial charge on any atom is -0.494 e. The van der Waals surface area contributed by atoms with Crippen LogP contribution in [0, 0.1) is 5.82 Å². The SMILES string of the molecule is CCOc1ccccc1Cn1c(=O)c2sccc2n2c(SCc3c(F)cccc3Cl)nnc12. The van der Waals surface area contributed by atoms with E-state index in [1.165, 1.54) is 29.2 Å². The van der Waals surface area contributed by atoms with Crippen molar-refractivity contribution >= 4 is 50.7 Å². The van der Waals surface area contributed by atoms with Crippen LogP contribution in [0.5, 0.6) is 5.75 Å². The molecule has 168 valence electrons. The van der Waals surface area contributed by atoms with E-state index in [1.54, 1.807) is 16.7 Å². The molecule has 0 saturated carbocycles. The van der Waals surface area contributed by atoms with Gasteiger partial charge in [0, 0.05) is 21.9 Å². The molecular formula is C23H18ClFN4O2S2. The lowest BCUT2D eigenvalue weighted by Gasteiger charge is -2.13. The Labute approximate surface area is 201 Å². The average Bonchev–Trinajstić information content (AvgIpc) is 3.45. The van der Waals surface area contributed by atoms with E-state index in [2.05, 4.69) is 10.2 Å². The number of ether oxygens (including phenoxy) is 1. The zero-order valence-electron chi connectivity index (χ0n) is 17.5. The van der Waals surface area contributed by atoms with Gasteiger partial charge in [0.05, 0.1) is 18.7 Å². The summed E-state index contributed by atoms with van der Waals surface area (Å²) in [6, 6.07) is 14.1. The Morgan fingerprint density at radius 3 is 2.82 bits per heavy atom. The van der Waals surface area contributed by atoms with Gasteiger partial charge in [-0.3, -0.25) is 13.8 Å². The lowest BCUT2D eigenvalue weighted by Crippen LogP contribution is -2.23. The molecule has 3 aromatic heterocycles. The minimum atomic E-state index is -0.367. The quantitative estimate of drug-likeness (QED) is 0.271. The van der Waals surface area contributed by atoms with E-state index in [4.69, 9.17) is 16.3 Å². The fraction of sp³-hybridized carbons (Fsp3) is 0.174. The number of hydrogen-bond donors (Lipinski definition) is 0. The van der Waals surface area contributed by atoms with E-state index in [-0.39, 0.29) is 23.7 Å². The summed E-state index contributed by atoms with van der Waals surface area (Å²) in [4.78, 5) is 13.3. The number of aromatic nitrogens is 4. The highest BCUT2D eigenvalue weighted by Crippen LogP contribution is 2.30. The smallest absolute Gasteiger partial charge is 0.273 e. The normalized spacial score (nSPS) is 11.5. The van der Waals surface area contributed by atoms with Crippen LogP contribution in [-0.2, 0) is 12.3 Å². The van der Waals surface area contributed by atoms with Crippen molar-refractivity contribution in [3.63, 3.8) is 0 Å². The molecule has 5 aromatic rings. The summed E-state index contributed by atoms with van der Waals surface area (Å²) < 4.78 is 24.0. The van der Waals surface area contributed by atoms with Crippen LogP contribution in [0.4, 0.5) is 4.39 Å². The lowest BCUT2D eigenvalue weighted by atomic mass is 10.2. The summed E-state index contributed by atoms with van der Waals surface area (Å²) in [7, 11) is 0. The molecule has 0 spiro atoms. The third kappa shape index (κ3) is 4.01. The predicted octanol–water partition coefficient (Wildman–Crippen LogP) is 5.64. The summed E-state index contributed by atoms with van der Waals surface area (Å²) in [5.74, 6) is 1.05. The third-order valence-electron chi connectivity index (χ3n) is 5.19. The molecule has 0 unspecified atom stereocenters. The molecule has 0 fully saturated rings. The number of hydrogen-bond acceptors (Lipinski definition) is 6. The molecule has 0 atom stereocenters. The van der Waals surface area contributed by atoms with Gasteiger partial charge in [0.1, 0.15) is 16.3 Å². The molecule has 33 heavy (non-hydrogen) atoms. The maximum Gasteiger partial charge on any atom is 0.273 e. The maximum atomic E-state index is 14.3. The highest BCUT2D eigenvalue weighted by atomic mass is 35.5. The molecule has 2 aromatic carbocycles. The van der Waals surface area contributed by atoms with E-state index in [9.17, 15) is 9.18 Å². The summed E-state index contributed by atoms with van der Waals surface area (Å²) in [5.41, 5.74) is 1.86. The number of thioether (sulfide) groups is 1. The van der Waals surface area contributed by atoms with E-state index < -0.39 is 0 Å². The van der Waals surface area contributed by atoms with Gasteiger partial charge in [-0.05, 0) is 36.6 Å². The van der Waals surface area contributed by atoms with E-state index in [1.807, 2.05) is 47.0 Å². The topological polar surface area (TPSA) is 61.4 Å². The Hall–Kier alpha value is -2.88. The molecule has 0 N–H and O–H groups in total. The first-order valence-corrected chi connectivity index (χ1v) is 12.4. The number of halogens is 2. The van der Waals surface area contributed by atoms with E-state index in [0.29, 0.717) is 32.8 Å². The predicted molar refractivity (Wildman–Crippen MR) is 130 cm³/mol. The average molecular weight is 501 g/mol. The molecule has 0 aliphatic carbocycles. The molecule has 10 heteroatoms. The fourth-order valence-corrected chi connectivity index (χ4v) is 5.75. The molecule has 0 amide bonds. The Kier molecular flexibility index (Phi) is 6.09. The van der Waals surface area contributed by atoms with Crippen LogP contribution in [0.3, 0.4) is 0 Å². The van der Waals surface area contributed by atoms with Gasteiger partial charge in [-0.15, -0.1) is 21.5 Å². The molecule has 0 saturated heterocycles. The number of para-hydroxylation sites is 1. The first-order chi connectivity index (χ1) is 16.1.